The molecule has 0 heterocycles. The molecule has 0 radical (unpaired) electrons. The molecule has 0 saturated heterocycles. The quantitative estimate of drug-likeness (QED) is 0.174. The second kappa shape index (κ2) is 10.8. The normalized spacial score (nSPS) is 12.8. The Kier molecular flexibility index (Phi) is 6.11. The van der Waals surface area contributed by atoms with Crippen LogP contribution in [-0.4, -0.2) is 0 Å². The van der Waals surface area contributed by atoms with Crippen molar-refractivity contribution < 1.29 is 0 Å². The molecule has 0 N–H and O–H groups in total. The molecule has 0 spiro atoms. The van der Waals surface area contributed by atoms with Crippen LogP contribution in [0.1, 0.15) is 17.5 Å². The molecule has 0 atom stereocenters. The van der Waals surface area contributed by atoms with E-state index in [1.807, 2.05) is 0 Å². The molecule has 0 saturated carbocycles. The zero-order chi connectivity index (χ0) is 31.6. The summed E-state index contributed by atoms with van der Waals surface area (Å²) < 4.78 is 0. The fraction of sp³-hybridized carbons (Fsp3) is 0.0417. The van der Waals surface area contributed by atoms with Gasteiger partial charge in [-0.1, -0.05) is 146 Å². The van der Waals surface area contributed by atoms with Crippen LogP contribution < -0.4 is 0 Å². The van der Waals surface area contributed by atoms with Crippen molar-refractivity contribution in [3.8, 4) is 44.5 Å². The van der Waals surface area contributed by atoms with Gasteiger partial charge in [-0.25, -0.2) is 0 Å². The van der Waals surface area contributed by atoms with E-state index in [9.17, 15) is 0 Å². The third-order valence-electron chi connectivity index (χ3n) is 10.5. The van der Waals surface area contributed by atoms with Gasteiger partial charge in [-0.05, 0) is 136 Å². The minimum Gasteiger partial charge on any atom is -0.0836 e. The highest BCUT2D eigenvalue weighted by molar-refractivity contribution is 6.32. The van der Waals surface area contributed by atoms with Crippen LogP contribution in [0.15, 0.2) is 164 Å². The zero-order valence-corrected chi connectivity index (χ0v) is 26.6. The Morgan fingerprint density at radius 1 is 0.354 bits per heavy atom. The lowest BCUT2D eigenvalue weighted by atomic mass is 9.81. The molecular weight excluding hydrogens is 577 g/mol. The highest BCUT2D eigenvalue weighted by Crippen LogP contribution is 2.48. The molecule has 10 rings (SSSR count). The molecule has 48 heavy (non-hydrogen) atoms. The van der Waals surface area contributed by atoms with Gasteiger partial charge in [0.05, 0.1) is 0 Å². The largest absolute Gasteiger partial charge is 0.0836 e. The average molecular weight is 609 g/mol. The summed E-state index contributed by atoms with van der Waals surface area (Å²) in [5, 5.41) is 10.4. The molecule has 0 nitrogen and oxygen atoms in total. The first-order chi connectivity index (χ1) is 23.8. The molecule has 0 amide bonds. The van der Waals surface area contributed by atoms with E-state index in [1.165, 1.54) is 98.7 Å². The molecule has 0 fully saturated rings. The van der Waals surface area contributed by atoms with E-state index in [4.69, 9.17) is 0 Å². The lowest BCUT2D eigenvalue weighted by Crippen LogP contribution is -1.96. The Morgan fingerprint density at radius 2 is 0.854 bits per heavy atom. The summed E-state index contributed by atoms with van der Waals surface area (Å²) in [5.74, 6) is 0. The average Bonchev–Trinajstić information content (AvgIpc) is 3.16. The molecule has 0 aliphatic heterocycles. The predicted octanol–water partition coefficient (Wildman–Crippen LogP) is 13.4. The second-order valence-electron chi connectivity index (χ2n) is 13.2. The molecule has 0 bridgehead atoms. The Morgan fingerprint density at radius 3 is 1.46 bits per heavy atom. The van der Waals surface area contributed by atoms with Crippen molar-refractivity contribution in [2.45, 2.75) is 12.8 Å². The molecule has 1 aliphatic rings. The Bertz CT molecular complexity index is 2690. The second-order valence-corrected chi connectivity index (χ2v) is 13.2. The Labute approximate surface area is 280 Å². The maximum absolute atomic E-state index is 2.44. The summed E-state index contributed by atoms with van der Waals surface area (Å²) in [5.41, 5.74) is 12.9. The number of hydrogen-bond acceptors (Lipinski definition) is 0. The minimum absolute atomic E-state index is 1.11. The SMILES string of the molecule is C1=Cc2cc(-c3cc(-c4ccccc4)c4ccc5c(-c6ccc7ccccc7c6)cc(-c6ccccc6)c6ccc3c4c65)ccc2CC1. The maximum atomic E-state index is 2.44. The summed E-state index contributed by atoms with van der Waals surface area (Å²) in [7, 11) is 0. The van der Waals surface area contributed by atoms with Crippen molar-refractivity contribution in [3.05, 3.63) is 175 Å². The smallest absolute Gasteiger partial charge is 0.00139 e. The van der Waals surface area contributed by atoms with Crippen LogP contribution in [0.2, 0.25) is 0 Å². The van der Waals surface area contributed by atoms with Gasteiger partial charge in [-0.3, -0.25) is 0 Å². The Hall–Kier alpha value is -5.98. The first kappa shape index (κ1) is 27.2. The first-order valence-corrected chi connectivity index (χ1v) is 17.0. The maximum Gasteiger partial charge on any atom is -0.00139 e. The minimum atomic E-state index is 1.11. The molecule has 9 aromatic carbocycles. The monoisotopic (exact) mass is 608 g/mol. The van der Waals surface area contributed by atoms with E-state index in [1.54, 1.807) is 0 Å². The van der Waals surface area contributed by atoms with Gasteiger partial charge in [-0.15, -0.1) is 0 Å². The van der Waals surface area contributed by atoms with Gasteiger partial charge in [0, 0.05) is 0 Å². The van der Waals surface area contributed by atoms with Gasteiger partial charge in [0.15, 0.2) is 0 Å². The summed E-state index contributed by atoms with van der Waals surface area (Å²) >= 11 is 0. The molecule has 0 aromatic heterocycles. The molecule has 0 heteroatoms. The summed E-state index contributed by atoms with van der Waals surface area (Å²) in [6.07, 6.45) is 6.84. The van der Waals surface area contributed by atoms with Crippen LogP contribution >= 0.6 is 0 Å². The number of aryl methyl sites for hydroxylation is 1. The highest BCUT2D eigenvalue weighted by Gasteiger charge is 2.21. The Balaban J connectivity index is 1.36. The van der Waals surface area contributed by atoms with Crippen molar-refractivity contribution in [3.63, 3.8) is 0 Å². The molecule has 224 valence electrons. The topological polar surface area (TPSA) is 0 Å². The first-order valence-electron chi connectivity index (χ1n) is 17.0. The van der Waals surface area contributed by atoms with Crippen molar-refractivity contribution in [1.82, 2.24) is 0 Å². The van der Waals surface area contributed by atoms with E-state index in [2.05, 4.69) is 170 Å². The van der Waals surface area contributed by atoms with Crippen LogP contribution in [0.25, 0.3) is 93.7 Å². The molecule has 1 aliphatic carbocycles. The number of benzene rings is 9. The van der Waals surface area contributed by atoms with E-state index in [0.29, 0.717) is 0 Å². The van der Waals surface area contributed by atoms with Crippen LogP contribution in [0, 0.1) is 0 Å². The third kappa shape index (κ3) is 4.23. The van der Waals surface area contributed by atoms with Crippen LogP contribution in [0.4, 0.5) is 0 Å². The highest BCUT2D eigenvalue weighted by atomic mass is 14.2. The van der Waals surface area contributed by atoms with Crippen LogP contribution in [0.5, 0.6) is 0 Å². The number of allylic oxidation sites excluding steroid dienone is 1. The van der Waals surface area contributed by atoms with Crippen LogP contribution in [0.3, 0.4) is 0 Å². The van der Waals surface area contributed by atoms with Crippen molar-refractivity contribution in [1.29, 1.82) is 0 Å². The lowest BCUT2D eigenvalue weighted by Gasteiger charge is -2.22. The fourth-order valence-electron chi connectivity index (χ4n) is 8.14. The molecule has 9 aromatic rings. The molecular formula is C48H32. The fourth-order valence-corrected chi connectivity index (χ4v) is 8.14. The van der Waals surface area contributed by atoms with Gasteiger partial charge in [-0.2, -0.15) is 0 Å². The van der Waals surface area contributed by atoms with Crippen LogP contribution in [-0.2, 0) is 6.42 Å². The van der Waals surface area contributed by atoms with Crippen molar-refractivity contribution >= 4 is 49.2 Å². The van der Waals surface area contributed by atoms with E-state index in [-0.39, 0.29) is 0 Å². The van der Waals surface area contributed by atoms with Crippen molar-refractivity contribution in [2.75, 3.05) is 0 Å². The third-order valence-corrected chi connectivity index (χ3v) is 10.5. The lowest BCUT2D eigenvalue weighted by molar-refractivity contribution is 0.986. The van der Waals surface area contributed by atoms with E-state index >= 15 is 0 Å². The number of rotatable bonds is 4. The number of hydrogen-bond donors (Lipinski definition) is 0. The number of fused-ring (bicyclic) bond motifs is 2. The zero-order valence-electron chi connectivity index (χ0n) is 26.6. The van der Waals surface area contributed by atoms with Crippen molar-refractivity contribution in [2.24, 2.45) is 0 Å². The standard InChI is InChI=1S/C48H32/c1-3-13-33(14-4-1)43-29-45(37-21-19-31-11-7-9-17-35(31)27-37)41-26-24-40-44(34-15-5-2-6-16-34)30-46(42-25-23-39(43)47(41)48(40)42)38-22-20-32-12-8-10-18-36(32)28-38/h1-7,9-11,13-30H,8,12H2. The molecule has 0 unspecified atom stereocenters. The summed E-state index contributed by atoms with van der Waals surface area (Å²) in [6, 6.07) is 58.9. The van der Waals surface area contributed by atoms with Gasteiger partial charge >= 0.3 is 0 Å². The van der Waals surface area contributed by atoms with E-state index in [0.717, 1.165) is 12.8 Å². The van der Waals surface area contributed by atoms with E-state index < -0.39 is 0 Å². The van der Waals surface area contributed by atoms with Gasteiger partial charge in [0.1, 0.15) is 0 Å². The van der Waals surface area contributed by atoms with Gasteiger partial charge in [0.25, 0.3) is 0 Å². The van der Waals surface area contributed by atoms with Gasteiger partial charge < -0.3 is 0 Å². The van der Waals surface area contributed by atoms with Gasteiger partial charge in [0.2, 0.25) is 0 Å². The predicted molar refractivity (Wildman–Crippen MR) is 207 cm³/mol. The summed E-state index contributed by atoms with van der Waals surface area (Å²) in [6.45, 7) is 0. The summed E-state index contributed by atoms with van der Waals surface area (Å²) in [4.78, 5) is 0.